The van der Waals surface area contributed by atoms with E-state index in [1.807, 2.05) is 12.1 Å². The number of rotatable bonds is 4. The van der Waals surface area contributed by atoms with Crippen molar-refractivity contribution >= 4 is 5.69 Å². The minimum Gasteiger partial charge on any atom is -0.365 e. The van der Waals surface area contributed by atoms with Crippen LogP contribution in [0.5, 0.6) is 0 Å². The van der Waals surface area contributed by atoms with E-state index < -0.39 is 0 Å². The molecule has 0 spiro atoms. The molecule has 0 amide bonds. The van der Waals surface area contributed by atoms with E-state index in [1.54, 1.807) is 6.07 Å². The highest BCUT2D eigenvalue weighted by Gasteiger charge is 2.31. The molecule has 1 aromatic rings. The van der Waals surface area contributed by atoms with Gasteiger partial charge in [0.1, 0.15) is 5.82 Å². The number of benzene rings is 1. The standard InChI is InChI=1S/C17H27FN2/c1-5-13(4)16-11-20(17(10-19-16)12(2)3)15-8-6-7-14(18)9-15/h6-9,12-13,16-17,19H,5,10-11H2,1-4H3. The van der Waals surface area contributed by atoms with Gasteiger partial charge >= 0.3 is 0 Å². The lowest BCUT2D eigenvalue weighted by Gasteiger charge is -2.45. The van der Waals surface area contributed by atoms with Crippen LogP contribution in [0.1, 0.15) is 34.1 Å². The first-order chi connectivity index (χ1) is 9.52. The lowest BCUT2D eigenvalue weighted by atomic mass is 9.91. The summed E-state index contributed by atoms with van der Waals surface area (Å²) in [6.07, 6.45) is 1.17. The maximum Gasteiger partial charge on any atom is 0.125 e. The molecule has 0 saturated carbocycles. The molecule has 1 N–H and O–H groups in total. The van der Waals surface area contributed by atoms with Gasteiger partial charge in [-0.15, -0.1) is 0 Å². The Hall–Kier alpha value is -1.09. The second-order valence-electron chi connectivity index (χ2n) is 6.34. The van der Waals surface area contributed by atoms with Crippen molar-refractivity contribution in [1.82, 2.24) is 5.32 Å². The van der Waals surface area contributed by atoms with Crippen LogP contribution < -0.4 is 10.2 Å². The number of nitrogens with one attached hydrogen (secondary N) is 1. The lowest BCUT2D eigenvalue weighted by Crippen LogP contribution is -2.60. The monoisotopic (exact) mass is 278 g/mol. The first-order valence-corrected chi connectivity index (χ1v) is 7.78. The predicted molar refractivity (Wildman–Crippen MR) is 83.6 cm³/mol. The molecule has 0 radical (unpaired) electrons. The average Bonchev–Trinajstić information content (AvgIpc) is 2.45. The minimum atomic E-state index is -0.149. The van der Waals surface area contributed by atoms with Crippen molar-refractivity contribution in [3.8, 4) is 0 Å². The van der Waals surface area contributed by atoms with Crippen LogP contribution in [0.25, 0.3) is 0 Å². The summed E-state index contributed by atoms with van der Waals surface area (Å²) in [5, 5.41) is 3.68. The first-order valence-electron chi connectivity index (χ1n) is 7.78. The summed E-state index contributed by atoms with van der Waals surface area (Å²) in [5.74, 6) is 1.03. The Morgan fingerprint density at radius 2 is 2.10 bits per heavy atom. The molecule has 1 aliphatic heterocycles. The summed E-state index contributed by atoms with van der Waals surface area (Å²) in [5.41, 5.74) is 1.01. The molecule has 1 aliphatic rings. The summed E-state index contributed by atoms with van der Waals surface area (Å²) >= 11 is 0. The first kappa shape index (κ1) is 15.3. The molecule has 1 fully saturated rings. The van der Waals surface area contributed by atoms with Crippen LogP contribution in [0, 0.1) is 17.7 Å². The van der Waals surface area contributed by atoms with E-state index in [1.165, 1.54) is 12.5 Å². The van der Waals surface area contributed by atoms with Gasteiger partial charge in [0.2, 0.25) is 0 Å². The fourth-order valence-corrected chi connectivity index (χ4v) is 3.01. The molecule has 0 aliphatic carbocycles. The smallest absolute Gasteiger partial charge is 0.125 e. The minimum absolute atomic E-state index is 0.149. The molecule has 3 atom stereocenters. The van der Waals surface area contributed by atoms with Crippen LogP contribution in [-0.2, 0) is 0 Å². The third-order valence-electron chi connectivity index (χ3n) is 4.62. The lowest BCUT2D eigenvalue weighted by molar-refractivity contribution is 0.281. The topological polar surface area (TPSA) is 15.3 Å². The van der Waals surface area contributed by atoms with Gasteiger partial charge in [0.05, 0.1) is 0 Å². The summed E-state index contributed by atoms with van der Waals surface area (Å²) in [6.45, 7) is 10.9. The maximum atomic E-state index is 13.5. The molecule has 1 heterocycles. The number of anilines is 1. The third kappa shape index (κ3) is 3.32. The second-order valence-corrected chi connectivity index (χ2v) is 6.34. The van der Waals surface area contributed by atoms with Gasteiger partial charge in [-0.2, -0.15) is 0 Å². The second kappa shape index (κ2) is 6.57. The Labute approximate surface area is 122 Å². The van der Waals surface area contributed by atoms with Gasteiger partial charge in [0.15, 0.2) is 0 Å². The van der Waals surface area contributed by atoms with Gasteiger partial charge in [-0.3, -0.25) is 0 Å². The van der Waals surface area contributed by atoms with E-state index in [9.17, 15) is 4.39 Å². The van der Waals surface area contributed by atoms with E-state index in [4.69, 9.17) is 0 Å². The molecule has 1 aromatic carbocycles. The fraction of sp³-hybridized carbons (Fsp3) is 0.647. The number of hydrogen-bond acceptors (Lipinski definition) is 2. The van der Waals surface area contributed by atoms with Crippen LogP contribution in [0.15, 0.2) is 24.3 Å². The fourth-order valence-electron chi connectivity index (χ4n) is 3.01. The number of nitrogens with zero attached hydrogens (tertiary/aromatic N) is 1. The van der Waals surface area contributed by atoms with E-state index in [2.05, 4.69) is 37.9 Å². The molecule has 112 valence electrons. The van der Waals surface area contributed by atoms with Crippen molar-refractivity contribution in [1.29, 1.82) is 0 Å². The third-order valence-corrected chi connectivity index (χ3v) is 4.62. The summed E-state index contributed by atoms with van der Waals surface area (Å²) in [6, 6.07) is 7.92. The van der Waals surface area contributed by atoms with Gasteiger partial charge in [-0.05, 0) is 30.0 Å². The number of piperazine rings is 1. The Morgan fingerprint density at radius 3 is 2.70 bits per heavy atom. The number of hydrogen-bond donors (Lipinski definition) is 1. The molecule has 20 heavy (non-hydrogen) atoms. The quantitative estimate of drug-likeness (QED) is 0.904. The predicted octanol–water partition coefficient (Wildman–Crippen LogP) is 3.67. The van der Waals surface area contributed by atoms with Gasteiger partial charge < -0.3 is 10.2 Å². The summed E-state index contributed by atoms with van der Waals surface area (Å²) < 4.78 is 13.5. The zero-order chi connectivity index (χ0) is 14.7. The number of halogens is 1. The van der Waals surface area contributed by atoms with Crippen LogP contribution in [0.2, 0.25) is 0 Å². The molecule has 3 unspecified atom stereocenters. The molecule has 1 saturated heterocycles. The van der Waals surface area contributed by atoms with Crippen molar-refractivity contribution < 1.29 is 4.39 Å². The van der Waals surface area contributed by atoms with Gasteiger partial charge in [0.25, 0.3) is 0 Å². The van der Waals surface area contributed by atoms with Crippen molar-refractivity contribution in [2.24, 2.45) is 11.8 Å². The molecule has 2 rings (SSSR count). The highest BCUT2D eigenvalue weighted by atomic mass is 19.1. The molecule has 2 nitrogen and oxygen atoms in total. The zero-order valence-electron chi connectivity index (χ0n) is 13.1. The van der Waals surface area contributed by atoms with Gasteiger partial charge in [-0.1, -0.05) is 40.2 Å². The van der Waals surface area contributed by atoms with Crippen molar-refractivity contribution in [3.63, 3.8) is 0 Å². The Bertz CT molecular complexity index is 433. The average molecular weight is 278 g/mol. The van der Waals surface area contributed by atoms with E-state index in [-0.39, 0.29) is 5.82 Å². The van der Waals surface area contributed by atoms with Crippen LogP contribution in [-0.4, -0.2) is 25.2 Å². The van der Waals surface area contributed by atoms with Gasteiger partial charge in [0, 0.05) is 30.9 Å². The van der Waals surface area contributed by atoms with Crippen LogP contribution in [0.3, 0.4) is 0 Å². The Morgan fingerprint density at radius 1 is 1.35 bits per heavy atom. The van der Waals surface area contributed by atoms with E-state index >= 15 is 0 Å². The Kier molecular flexibility index (Phi) is 5.03. The largest absolute Gasteiger partial charge is 0.365 e. The molecular formula is C17H27FN2. The SMILES string of the molecule is CCC(C)C1CN(c2cccc(F)c2)C(C(C)C)CN1. The molecular weight excluding hydrogens is 251 g/mol. The molecule has 0 bridgehead atoms. The van der Waals surface area contributed by atoms with E-state index in [0.717, 1.165) is 18.8 Å². The summed E-state index contributed by atoms with van der Waals surface area (Å²) in [7, 11) is 0. The van der Waals surface area contributed by atoms with Gasteiger partial charge in [-0.25, -0.2) is 4.39 Å². The van der Waals surface area contributed by atoms with Crippen molar-refractivity contribution in [2.75, 3.05) is 18.0 Å². The normalized spacial score (nSPS) is 25.0. The zero-order valence-corrected chi connectivity index (χ0v) is 13.1. The Balaban J connectivity index is 2.23. The highest BCUT2D eigenvalue weighted by Crippen LogP contribution is 2.26. The van der Waals surface area contributed by atoms with Crippen molar-refractivity contribution in [2.45, 2.75) is 46.2 Å². The maximum absolute atomic E-state index is 13.5. The highest BCUT2D eigenvalue weighted by molar-refractivity contribution is 5.48. The van der Waals surface area contributed by atoms with Crippen molar-refractivity contribution in [3.05, 3.63) is 30.1 Å². The molecule has 0 aromatic heterocycles. The van der Waals surface area contributed by atoms with E-state index in [0.29, 0.717) is 23.9 Å². The summed E-state index contributed by atoms with van der Waals surface area (Å²) in [4.78, 5) is 2.39. The van der Waals surface area contributed by atoms with Crippen LogP contribution >= 0.6 is 0 Å². The van der Waals surface area contributed by atoms with Crippen LogP contribution in [0.4, 0.5) is 10.1 Å². The molecule has 3 heteroatoms.